The van der Waals surface area contributed by atoms with E-state index in [2.05, 4.69) is 0 Å². The van der Waals surface area contributed by atoms with Gasteiger partial charge in [0.2, 0.25) is 5.91 Å². The molecule has 2 amide bonds. The van der Waals surface area contributed by atoms with E-state index in [0.717, 1.165) is 5.56 Å². The van der Waals surface area contributed by atoms with Gasteiger partial charge in [-0.25, -0.2) is 0 Å². The molecule has 0 aromatic carbocycles. The summed E-state index contributed by atoms with van der Waals surface area (Å²) in [6.07, 6.45) is 0. The van der Waals surface area contributed by atoms with Gasteiger partial charge < -0.3 is 15.5 Å². The number of nitrogens with two attached hydrogens (primary N) is 1. The largest absolute Gasteiger partial charge is 0.338 e. The Balaban J connectivity index is 1.91. The van der Waals surface area contributed by atoms with Gasteiger partial charge in [-0.1, -0.05) is 0 Å². The van der Waals surface area contributed by atoms with Gasteiger partial charge in [0.15, 0.2) is 0 Å². The molecule has 1 aromatic heterocycles. The third kappa shape index (κ3) is 2.70. The molecule has 1 saturated heterocycles. The van der Waals surface area contributed by atoms with Crippen molar-refractivity contribution in [3.63, 3.8) is 0 Å². The van der Waals surface area contributed by atoms with Crippen molar-refractivity contribution < 1.29 is 9.59 Å². The minimum absolute atomic E-state index is 0.0439. The number of nitrogens with zero attached hydrogens (tertiary/aromatic N) is 2. The van der Waals surface area contributed by atoms with Crippen LogP contribution in [0.5, 0.6) is 0 Å². The highest BCUT2D eigenvalue weighted by molar-refractivity contribution is 7.08. The molecule has 1 unspecified atom stereocenters. The molecule has 2 rings (SSSR count). The van der Waals surface area contributed by atoms with Crippen LogP contribution in [0.1, 0.15) is 17.3 Å². The smallest absolute Gasteiger partial charge is 0.254 e. The average molecular weight is 267 g/mol. The molecule has 1 aromatic rings. The molecule has 2 heterocycles. The Kier molecular flexibility index (Phi) is 3.98. The standard InChI is InChI=1S/C12H17N3O2S/c1-9(13)11(16)14-3-5-15(6-4-14)12(17)10-2-7-18-8-10/h2,7-9H,3-6,13H2,1H3. The average Bonchev–Trinajstić information content (AvgIpc) is 2.91. The third-order valence-electron chi connectivity index (χ3n) is 3.04. The molecule has 0 bridgehead atoms. The Hall–Kier alpha value is -1.40. The van der Waals surface area contributed by atoms with Crippen molar-refractivity contribution in [2.45, 2.75) is 13.0 Å². The fraction of sp³-hybridized carbons (Fsp3) is 0.500. The molecule has 0 aliphatic carbocycles. The van der Waals surface area contributed by atoms with Crippen LogP contribution in [0, 0.1) is 0 Å². The van der Waals surface area contributed by atoms with Crippen LogP contribution in [-0.2, 0) is 4.79 Å². The van der Waals surface area contributed by atoms with Gasteiger partial charge in [-0.15, -0.1) is 0 Å². The van der Waals surface area contributed by atoms with Gasteiger partial charge in [-0.3, -0.25) is 9.59 Å². The van der Waals surface area contributed by atoms with Crippen LogP contribution in [-0.4, -0.2) is 53.8 Å². The summed E-state index contributed by atoms with van der Waals surface area (Å²) >= 11 is 1.51. The van der Waals surface area contributed by atoms with Crippen LogP contribution in [0.15, 0.2) is 16.8 Å². The number of thiophene rings is 1. The quantitative estimate of drug-likeness (QED) is 0.842. The van der Waals surface area contributed by atoms with Crippen molar-refractivity contribution in [1.82, 2.24) is 9.80 Å². The maximum Gasteiger partial charge on any atom is 0.254 e. The highest BCUT2D eigenvalue weighted by atomic mass is 32.1. The van der Waals surface area contributed by atoms with E-state index in [0.29, 0.717) is 26.2 Å². The van der Waals surface area contributed by atoms with E-state index < -0.39 is 6.04 Å². The van der Waals surface area contributed by atoms with Crippen LogP contribution in [0.25, 0.3) is 0 Å². The van der Waals surface area contributed by atoms with E-state index in [1.807, 2.05) is 16.8 Å². The number of hydrogen-bond acceptors (Lipinski definition) is 4. The summed E-state index contributed by atoms with van der Waals surface area (Å²) in [5.41, 5.74) is 6.30. The van der Waals surface area contributed by atoms with Gasteiger partial charge in [0, 0.05) is 31.6 Å². The molecule has 0 saturated carbocycles. The molecule has 18 heavy (non-hydrogen) atoms. The summed E-state index contributed by atoms with van der Waals surface area (Å²) in [6.45, 7) is 3.97. The highest BCUT2D eigenvalue weighted by Gasteiger charge is 2.26. The Morgan fingerprint density at radius 3 is 2.39 bits per heavy atom. The zero-order chi connectivity index (χ0) is 13.1. The first-order chi connectivity index (χ1) is 8.59. The lowest BCUT2D eigenvalue weighted by Crippen LogP contribution is -2.53. The zero-order valence-electron chi connectivity index (χ0n) is 10.3. The topological polar surface area (TPSA) is 66.6 Å². The van der Waals surface area contributed by atoms with E-state index in [1.165, 1.54) is 11.3 Å². The summed E-state index contributed by atoms with van der Waals surface area (Å²) in [7, 11) is 0. The van der Waals surface area contributed by atoms with E-state index in [9.17, 15) is 9.59 Å². The van der Waals surface area contributed by atoms with Gasteiger partial charge in [-0.05, 0) is 18.4 Å². The van der Waals surface area contributed by atoms with Crippen LogP contribution in [0.4, 0.5) is 0 Å². The lowest BCUT2D eigenvalue weighted by atomic mass is 10.2. The van der Waals surface area contributed by atoms with Crippen molar-refractivity contribution in [2.75, 3.05) is 26.2 Å². The monoisotopic (exact) mass is 267 g/mol. The SMILES string of the molecule is CC(N)C(=O)N1CCN(C(=O)c2ccsc2)CC1. The van der Waals surface area contributed by atoms with Crippen LogP contribution < -0.4 is 5.73 Å². The third-order valence-corrected chi connectivity index (χ3v) is 3.72. The van der Waals surface area contributed by atoms with Crippen LogP contribution in [0.2, 0.25) is 0 Å². The molecule has 1 aliphatic rings. The van der Waals surface area contributed by atoms with Gasteiger partial charge in [0.05, 0.1) is 11.6 Å². The second-order valence-electron chi connectivity index (χ2n) is 4.42. The first-order valence-electron chi connectivity index (χ1n) is 5.95. The molecule has 1 fully saturated rings. The molecule has 2 N–H and O–H groups in total. The Labute approximate surface area is 110 Å². The molecule has 1 atom stereocenters. The van der Waals surface area contributed by atoms with E-state index in [1.54, 1.807) is 16.7 Å². The van der Waals surface area contributed by atoms with Crippen molar-refractivity contribution >= 4 is 23.2 Å². The van der Waals surface area contributed by atoms with E-state index in [4.69, 9.17) is 5.73 Å². The molecule has 0 radical (unpaired) electrons. The predicted octanol–water partition coefficient (Wildman–Crippen LogP) is 0.380. The molecule has 5 nitrogen and oxygen atoms in total. The minimum Gasteiger partial charge on any atom is -0.338 e. The number of rotatable bonds is 2. The van der Waals surface area contributed by atoms with Crippen LogP contribution in [0.3, 0.4) is 0 Å². The van der Waals surface area contributed by atoms with Crippen molar-refractivity contribution in [3.8, 4) is 0 Å². The highest BCUT2D eigenvalue weighted by Crippen LogP contribution is 2.12. The van der Waals surface area contributed by atoms with Gasteiger partial charge in [0.1, 0.15) is 0 Å². The fourth-order valence-electron chi connectivity index (χ4n) is 1.99. The Morgan fingerprint density at radius 2 is 1.89 bits per heavy atom. The number of carbonyl (C=O) groups is 2. The number of amides is 2. The first-order valence-corrected chi connectivity index (χ1v) is 6.89. The molecule has 1 aliphatic heterocycles. The Bertz CT molecular complexity index is 423. The second-order valence-corrected chi connectivity index (χ2v) is 5.20. The maximum absolute atomic E-state index is 12.1. The lowest BCUT2D eigenvalue weighted by Gasteiger charge is -2.35. The molecule has 0 spiro atoms. The van der Waals surface area contributed by atoms with Gasteiger partial charge in [-0.2, -0.15) is 11.3 Å². The van der Waals surface area contributed by atoms with Gasteiger partial charge in [0.25, 0.3) is 5.91 Å². The van der Waals surface area contributed by atoms with Gasteiger partial charge >= 0.3 is 0 Å². The molecule has 98 valence electrons. The predicted molar refractivity (Wildman–Crippen MR) is 70.5 cm³/mol. The second kappa shape index (κ2) is 5.49. The Morgan fingerprint density at radius 1 is 1.28 bits per heavy atom. The summed E-state index contributed by atoms with van der Waals surface area (Å²) in [5.74, 6) is 0.00165. The lowest BCUT2D eigenvalue weighted by molar-refractivity contribution is -0.133. The zero-order valence-corrected chi connectivity index (χ0v) is 11.2. The van der Waals surface area contributed by atoms with E-state index >= 15 is 0 Å². The summed E-state index contributed by atoms with van der Waals surface area (Å²) in [4.78, 5) is 27.3. The molecular weight excluding hydrogens is 250 g/mol. The normalized spacial score (nSPS) is 17.7. The number of hydrogen-bond donors (Lipinski definition) is 1. The minimum atomic E-state index is -0.468. The molecule has 6 heteroatoms. The van der Waals surface area contributed by atoms with Crippen LogP contribution >= 0.6 is 11.3 Å². The first kappa shape index (κ1) is 13.0. The summed E-state index contributed by atoms with van der Waals surface area (Å²) < 4.78 is 0. The molecular formula is C12H17N3O2S. The number of carbonyl (C=O) groups excluding carboxylic acids is 2. The number of piperazine rings is 1. The fourth-order valence-corrected chi connectivity index (χ4v) is 2.62. The van der Waals surface area contributed by atoms with E-state index in [-0.39, 0.29) is 11.8 Å². The van der Waals surface area contributed by atoms with Crippen molar-refractivity contribution in [2.24, 2.45) is 5.73 Å². The maximum atomic E-state index is 12.1. The van der Waals surface area contributed by atoms with Crippen molar-refractivity contribution in [3.05, 3.63) is 22.4 Å². The summed E-state index contributed by atoms with van der Waals surface area (Å²) in [5, 5.41) is 3.74. The summed E-state index contributed by atoms with van der Waals surface area (Å²) in [6, 6.07) is 1.36. The van der Waals surface area contributed by atoms with Crippen molar-refractivity contribution in [1.29, 1.82) is 0 Å².